The molecule has 1 aliphatic rings. The number of carbonyl (C=O) groups excluding carboxylic acids is 1. The van der Waals surface area contributed by atoms with Crippen LogP contribution in [0.5, 0.6) is 0 Å². The van der Waals surface area contributed by atoms with E-state index in [1.165, 1.54) is 6.07 Å². The second-order valence-corrected chi connectivity index (χ2v) is 3.63. The Hall–Kier alpha value is -2.44. The number of benzene rings is 1. The van der Waals surface area contributed by atoms with Crippen molar-refractivity contribution in [1.29, 1.82) is 0 Å². The maximum absolute atomic E-state index is 13.1. The van der Waals surface area contributed by atoms with E-state index in [1.807, 2.05) is 0 Å². The Morgan fingerprint density at radius 1 is 1.28 bits per heavy atom. The Kier molecular flexibility index (Phi) is 2.97. The van der Waals surface area contributed by atoms with Crippen LogP contribution in [0.2, 0.25) is 0 Å². The smallest absolute Gasteiger partial charge is 0.335 e. The topological polar surface area (TPSA) is 78.4 Å². The van der Waals surface area contributed by atoms with E-state index in [4.69, 9.17) is 5.11 Å². The van der Waals surface area contributed by atoms with Crippen LogP contribution < -0.4 is 10.6 Å². The van der Waals surface area contributed by atoms with E-state index in [0.29, 0.717) is 0 Å². The third-order valence-electron chi connectivity index (χ3n) is 2.47. The molecule has 0 unspecified atom stereocenters. The summed E-state index contributed by atoms with van der Waals surface area (Å²) in [5, 5.41) is 13.5. The molecular formula is C11H8F2N2O3. The zero-order chi connectivity index (χ0) is 13.3. The number of urea groups is 1. The highest BCUT2D eigenvalue weighted by Gasteiger charge is 2.28. The molecular weight excluding hydrogens is 246 g/mol. The van der Waals surface area contributed by atoms with Crippen molar-refractivity contribution in [3.63, 3.8) is 0 Å². The number of hydrogen-bond acceptors (Lipinski definition) is 2. The maximum Gasteiger partial charge on any atom is 0.335 e. The zero-order valence-electron chi connectivity index (χ0n) is 8.91. The Morgan fingerprint density at radius 3 is 2.61 bits per heavy atom. The van der Waals surface area contributed by atoms with Crippen molar-refractivity contribution in [2.45, 2.75) is 6.04 Å². The molecule has 0 fully saturated rings. The van der Waals surface area contributed by atoms with Gasteiger partial charge < -0.3 is 15.7 Å². The summed E-state index contributed by atoms with van der Waals surface area (Å²) in [6, 6.07) is 1.30. The fourth-order valence-electron chi connectivity index (χ4n) is 1.62. The molecule has 0 bridgehead atoms. The summed E-state index contributed by atoms with van der Waals surface area (Å²) >= 11 is 0. The summed E-state index contributed by atoms with van der Waals surface area (Å²) in [5.41, 5.74) is -0.0157. The number of rotatable bonds is 2. The second kappa shape index (κ2) is 4.44. The molecule has 0 saturated heterocycles. The Labute approximate surface area is 100 Å². The van der Waals surface area contributed by atoms with Crippen LogP contribution >= 0.6 is 0 Å². The van der Waals surface area contributed by atoms with E-state index in [2.05, 4.69) is 10.6 Å². The second-order valence-electron chi connectivity index (χ2n) is 3.63. The lowest BCUT2D eigenvalue weighted by molar-refractivity contribution is -0.133. The molecule has 3 N–H and O–H groups in total. The van der Waals surface area contributed by atoms with Gasteiger partial charge in [-0.05, 0) is 17.7 Å². The third kappa shape index (κ3) is 2.15. The highest BCUT2D eigenvalue weighted by Crippen LogP contribution is 2.24. The van der Waals surface area contributed by atoms with Crippen LogP contribution in [0.4, 0.5) is 13.6 Å². The quantitative estimate of drug-likeness (QED) is 0.744. The standard InChI is InChI=1S/C11H8F2N2O3/c12-7-2-1-5(3-8(7)13)9-6(10(16)17)4-14-11(18)15-9/h1-4,9H,(H,16,17)(H2,14,15,18)/t9-/m1/s1. The molecule has 94 valence electrons. The average Bonchev–Trinajstić information content (AvgIpc) is 2.32. The number of halogens is 2. The average molecular weight is 254 g/mol. The fraction of sp³-hybridized carbons (Fsp3) is 0.0909. The van der Waals surface area contributed by atoms with Gasteiger partial charge in [-0.2, -0.15) is 0 Å². The molecule has 0 saturated carbocycles. The van der Waals surface area contributed by atoms with E-state index in [1.54, 1.807) is 0 Å². The van der Waals surface area contributed by atoms with Gasteiger partial charge in [0.05, 0.1) is 11.6 Å². The molecule has 0 spiro atoms. The molecule has 0 aromatic heterocycles. The molecule has 0 aliphatic carbocycles. The minimum absolute atomic E-state index is 0.150. The monoisotopic (exact) mass is 254 g/mol. The van der Waals surface area contributed by atoms with E-state index in [-0.39, 0.29) is 11.1 Å². The molecule has 1 heterocycles. The number of aliphatic carboxylic acids is 1. The van der Waals surface area contributed by atoms with E-state index in [0.717, 1.165) is 18.3 Å². The Balaban J connectivity index is 2.43. The van der Waals surface area contributed by atoms with Crippen LogP contribution in [0.1, 0.15) is 11.6 Å². The highest BCUT2D eigenvalue weighted by atomic mass is 19.2. The molecule has 2 rings (SSSR count). The summed E-state index contributed by atoms with van der Waals surface area (Å²) in [6.07, 6.45) is 1.02. The largest absolute Gasteiger partial charge is 0.478 e. The Morgan fingerprint density at radius 2 is 2.00 bits per heavy atom. The van der Waals surface area contributed by atoms with E-state index >= 15 is 0 Å². The van der Waals surface area contributed by atoms with Crippen molar-refractivity contribution < 1.29 is 23.5 Å². The van der Waals surface area contributed by atoms with Crippen molar-refractivity contribution in [1.82, 2.24) is 10.6 Å². The summed E-state index contributed by atoms with van der Waals surface area (Å²) in [5.74, 6) is -3.41. The van der Waals surface area contributed by atoms with Crippen LogP contribution in [0.25, 0.3) is 0 Å². The number of hydrogen-bond donors (Lipinski definition) is 3. The highest BCUT2D eigenvalue weighted by molar-refractivity contribution is 5.92. The normalized spacial score (nSPS) is 18.7. The van der Waals surface area contributed by atoms with Crippen molar-refractivity contribution in [2.24, 2.45) is 0 Å². The zero-order valence-corrected chi connectivity index (χ0v) is 8.91. The maximum atomic E-state index is 13.1. The van der Waals surface area contributed by atoms with Crippen molar-refractivity contribution >= 4 is 12.0 Å². The molecule has 1 aromatic rings. The number of nitrogens with one attached hydrogen (secondary N) is 2. The third-order valence-corrected chi connectivity index (χ3v) is 2.47. The van der Waals surface area contributed by atoms with Gasteiger partial charge in [0, 0.05) is 6.20 Å². The van der Waals surface area contributed by atoms with Gasteiger partial charge in [-0.3, -0.25) is 0 Å². The first kappa shape index (κ1) is 12.0. The van der Waals surface area contributed by atoms with Crippen LogP contribution in [0.3, 0.4) is 0 Å². The summed E-state index contributed by atoms with van der Waals surface area (Å²) in [7, 11) is 0. The van der Waals surface area contributed by atoms with Crippen LogP contribution in [0.15, 0.2) is 30.0 Å². The van der Waals surface area contributed by atoms with E-state index in [9.17, 15) is 18.4 Å². The first-order valence-corrected chi connectivity index (χ1v) is 4.94. The van der Waals surface area contributed by atoms with Crippen molar-refractivity contribution in [3.8, 4) is 0 Å². The van der Waals surface area contributed by atoms with Gasteiger partial charge in [0.2, 0.25) is 0 Å². The van der Waals surface area contributed by atoms with Gasteiger partial charge in [-0.15, -0.1) is 0 Å². The molecule has 18 heavy (non-hydrogen) atoms. The molecule has 1 atom stereocenters. The van der Waals surface area contributed by atoms with Crippen molar-refractivity contribution in [3.05, 3.63) is 47.2 Å². The number of amides is 2. The number of carboxylic acids is 1. The van der Waals surface area contributed by atoms with Crippen LogP contribution in [-0.2, 0) is 4.79 Å². The molecule has 7 heteroatoms. The first-order valence-electron chi connectivity index (χ1n) is 4.94. The number of carbonyl (C=O) groups is 2. The lowest BCUT2D eigenvalue weighted by atomic mass is 9.98. The lowest BCUT2D eigenvalue weighted by Crippen LogP contribution is -2.42. The minimum atomic E-state index is -1.27. The van der Waals surface area contributed by atoms with Gasteiger partial charge in [0.15, 0.2) is 11.6 Å². The molecule has 1 aliphatic heterocycles. The SMILES string of the molecule is O=C1NC=C(C(=O)O)[C@@H](c2ccc(F)c(F)c2)N1. The van der Waals surface area contributed by atoms with Gasteiger partial charge >= 0.3 is 12.0 Å². The van der Waals surface area contributed by atoms with Gasteiger partial charge in [0.25, 0.3) is 0 Å². The summed E-state index contributed by atoms with van der Waals surface area (Å²) in [6.45, 7) is 0. The predicted molar refractivity (Wildman–Crippen MR) is 56.5 cm³/mol. The molecule has 5 nitrogen and oxygen atoms in total. The molecule has 1 aromatic carbocycles. The van der Waals surface area contributed by atoms with Gasteiger partial charge in [-0.25, -0.2) is 18.4 Å². The van der Waals surface area contributed by atoms with Gasteiger partial charge in [-0.1, -0.05) is 6.07 Å². The summed E-state index contributed by atoms with van der Waals surface area (Å²) < 4.78 is 25.9. The Bertz CT molecular complexity index is 557. The predicted octanol–water partition coefficient (Wildman–Crippen LogP) is 1.29. The lowest BCUT2D eigenvalue weighted by Gasteiger charge is -2.23. The summed E-state index contributed by atoms with van der Waals surface area (Å²) in [4.78, 5) is 22.1. The van der Waals surface area contributed by atoms with E-state index < -0.39 is 29.7 Å². The first-order chi connectivity index (χ1) is 8.49. The number of carboxylic acid groups (broad SMARTS) is 1. The fourth-order valence-corrected chi connectivity index (χ4v) is 1.62. The van der Waals surface area contributed by atoms with Crippen LogP contribution in [0, 0.1) is 11.6 Å². The minimum Gasteiger partial charge on any atom is -0.478 e. The molecule has 2 amide bonds. The molecule has 0 radical (unpaired) electrons. The van der Waals surface area contributed by atoms with Gasteiger partial charge in [0.1, 0.15) is 0 Å². The van der Waals surface area contributed by atoms with Crippen LogP contribution in [-0.4, -0.2) is 17.1 Å². The van der Waals surface area contributed by atoms with Crippen molar-refractivity contribution in [2.75, 3.05) is 0 Å².